The summed E-state index contributed by atoms with van der Waals surface area (Å²) >= 11 is 0.607. The molecule has 2 saturated heterocycles. The fourth-order valence-corrected chi connectivity index (χ4v) is 3.41. The van der Waals surface area contributed by atoms with Gasteiger partial charge in [-0.2, -0.15) is 13.2 Å². The van der Waals surface area contributed by atoms with Crippen LogP contribution in [0.3, 0.4) is 0 Å². The van der Waals surface area contributed by atoms with Crippen LogP contribution < -0.4 is 4.90 Å². The highest BCUT2D eigenvalue weighted by atomic mass is 32.1. The van der Waals surface area contributed by atoms with E-state index < -0.39 is 11.2 Å². The molecule has 10 heteroatoms. The van der Waals surface area contributed by atoms with E-state index in [1.165, 1.54) is 0 Å². The van der Waals surface area contributed by atoms with Crippen molar-refractivity contribution in [2.75, 3.05) is 57.4 Å². The summed E-state index contributed by atoms with van der Waals surface area (Å²) in [4.78, 5) is 4.16. The van der Waals surface area contributed by atoms with E-state index in [1.807, 2.05) is 4.90 Å². The summed E-state index contributed by atoms with van der Waals surface area (Å²) in [5, 5.41) is 6.37. The number of nitrogens with zero attached hydrogens (tertiary/aromatic N) is 4. The maximum absolute atomic E-state index is 12.6. The average molecular weight is 352 g/mol. The Hall–Kier alpha value is -0.970. The third-order valence-corrected chi connectivity index (χ3v) is 4.98. The molecule has 1 aromatic heterocycles. The van der Waals surface area contributed by atoms with Crippen LogP contribution in [0.25, 0.3) is 0 Å². The molecule has 3 heterocycles. The van der Waals surface area contributed by atoms with Gasteiger partial charge < -0.3 is 14.4 Å². The molecule has 0 aromatic carbocycles. The van der Waals surface area contributed by atoms with Crippen molar-refractivity contribution in [3.05, 3.63) is 5.01 Å². The van der Waals surface area contributed by atoms with Gasteiger partial charge >= 0.3 is 6.18 Å². The fourth-order valence-electron chi connectivity index (χ4n) is 2.65. The zero-order valence-electron chi connectivity index (χ0n) is 12.6. The summed E-state index contributed by atoms with van der Waals surface area (Å²) in [6.45, 7) is 5.79. The molecule has 1 aromatic rings. The van der Waals surface area contributed by atoms with Crippen molar-refractivity contribution in [2.24, 2.45) is 0 Å². The van der Waals surface area contributed by atoms with Crippen molar-refractivity contribution < 1.29 is 22.6 Å². The number of piperazine rings is 1. The fraction of sp³-hybridized carbons (Fsp3) is 0.846. The van der Waals surface area contributed by atoms with Crippen molar-refractivity contribution in [1.82, 2.24) is 15.1 Å². The summed E-state index contributed by atoms with van der Waals surface area (Å²) in [7, 11) is 0. The van der Waals surface area contributed by atoms with Crippen molar-refractivity contribution in [3.63, 3.8) is 0 Å². The Labute approximate surface area is 136 Å². The molecule has 6 nitrogen and oxygen atoms in total. The first-order valence-electron chi connectivity index (χ1n) is 7.60. The molecular formula is C13H19F3N4O2S. The summed E-state index contributed by atoms with van der Waals surface area (Å²) in [5.74, 6) is 0. The molecule has 1 unspecified atom stereocenters. The smallest absolute Gasteiger partial charge is 0.376 e. The van der Waals surface area contributed by atoms with Crippen LogP contribution in [0, 0.1) is 0 Å². The lowest BCUT2D eigenvalue weighted by Crippen LogP contribution is -2.47. The highest BCUT2D eigenvalue weighted by molar-refractivity contribution is 7.15. The Morgan fingerprint density at radius 1 is 1.13 bits per heavy atom. The van der Waals surface area contributed by atoms with Crippen molar-refractivity contribution in [1.29, 1.82) is 0 Å². The minimum absolute atomic E-state index is 0.152. The van der Waals surface area contributed by atoms with Crippen molar-refractivity contribution in [2.45, 2.75) is 18.7 Å². The maximum atomic E-state index is 12.6. The number of hydrogen-bond donors (Lipinski definition) is 0. The van der Waals surface area contributed by atoms with Gasteiger partial charge in [0.05, 0.1) is 25.9 Å². The standard InChI is InChI=1S/C13H19F3N4O2S/c14-13(15,16)11-17-18-12(23-11)20-5-3-19(4-6-20)2-1-10-9-21-7-8-22-10/h10H,1-9H2. The monoisotopic (exact) mass is 352 g/mol. The molecule has 2 aliphatic rings. The highest BCUT2D eigenvalue weighted by Crippen LogP contribution is 2.34. The summed E-state index contributed by atoms with van der Waals surface area (Å²) in [6.07, 6.45) is -3.35. The largest absolute Gasteiger partial charge is 0.445 e. The minimum atomic E-state index is -4.42. The molecule has 1 atom stereocenters. The average Bonchev–Trinajstić information content (AvgIpc) is 3.05. The first-order chi connectivity index (χ1) is 11.0. The van der Waals surface area contributed by atoms with Gasteiger partial charge in [0.1, 0.15) is 0 Å². The van der Waals surface area contributed by atoms with Crippen LogP contribution in [0.1, 0.15) is 11.4 Å². The molecule has 0 aliphatic carbocycles. The Balaban J connectivity index is 1.44. The second-order valence-electron chi connectivity index (χ2n) is 5.57. The van der Waals surface area contributed by atoms with Gasteiger partial charge in [0, 0.05) is 32.7 Å². The lowest BCUT2D eigenvalue weighted by molar-refractivity contribution is -0.138. The van der Waals surface area contributed by atoms with E-state index >= 15 is 0 Å². The zero-order chi connectivity index (χ0) is 16.3. The predicted molar refractivity (Wildman–Crippen MR) is 78.7 cm³/mol. The van der Waals surface area contributed by atoms with Gasteiger partial charge in [0.2, 0.25) is 10.1 Å². The van der Waals surface area contributed by atoms with Crippen LogP contribution in [0.2, 0.25) is 0 Å². The number of ether oxygens (including phenoxy) is 2. The van der Waals surface area contributed by atoms with Gasteiger partial charge in [-0.3, -0.25) is 4.90 Å². The summed E-state index contributed by atoms with van der Waals surface area (Å²) in [5.41, 5.74) is 0. The molecule has 0 amide bonds. The van der Waals surface area contributed by atoms with Crippen molar-refractivity contribution in [3.8, 4) is 0 Å². The predicted octanol–water partition coefficient (Wildman–Crippen LogP) is 1.48. The molecular weight excluding hydrogens is 333 g/mol. The highest BCUT2D eigenvalue weighted by Gasteiger charge is 2.36. The molecule has 0 N–H and O–H groups in total. The van der Waals surface area contributed by atoms with E-state index in [-0.39, 0.29) is 6.10 Å². The zero-order valence-corrected chi connectivity index (χ0v) is 13.4. The summed E-state index contributed by atoms with van der Waals surface area (Å²) in [6, 6.07) is 0. The normalized spacial score (nSPS) is 24.1. The topological polar surface area (TPSA) is 50.7 Å². The lowest BCUT2D eigenvalue weighted by Gasteiger charge is -2.35. The third-order valence-electron chi connectivity index (χ3n) is 3.95. The van der Waals surface area contributed by atoms with Crippen LogP contribution in [-0.4, -0.2) is 73.7 Å². The molecule has 2 aliphatic heterocycles. The number of alkyl halides is 3. The molecule has 0 radical (unpaired) electrons. The van der Waals surface area contributed by atoms with Crippen LogP contribution in [-0.2, 0) is 15.7 Å². The second-order valence-corrected chi connectivity index (χ2v) is 6.53. The summed E-state index contributed by atoms with van der Waals surface area (Å²) < 4.78 is 48.7. The van der Waals surface area contributed by atoms with E-state index in [2.05, 4.69) is 15.1 Å². The van der Waals surface area contributed by atoms with Gasteiger partial charge in [-0.15, -0.1) is 10.2 Å². The van der Waals surface area contributed by atoms with Gasteiger partial charge in [-0.25, -0.2) is 0 Å². The molecule has 2 fully saturated rings. The number of halogens is 3. The lowest BCUT2D eigenvalue weighted by atomic mass is 10.2. The molecule has 3 rings (SSSR count). The number of anilines is 1. The van der Waals surface area contributed by atoms with Gasteiger partial charge in [0.15, 0.2) is 0 Å². The van der Waals surface area contributed by atoms with Crippen LogP contribution in [0.15, 0.2) is 0 Å². The van der Waals surface area contributed by atoms with Gasteiger partial charge in [-0.05, 0) is 6.42 Å². The van der Waals surface area contributed by atoms with Gasteiger partial charge in [-0.1, -0.05) is 11.3 Å². The molecule has 23 heavy (non-hydrogen) atoms. The van der Waals surface area contributed by atoms with E-state index in [0.29, 0.717) is 49.4 Å². The quantitative estimate of drug-likeness (QED) is 0.818. The van der Waals surface area contributed by atoms with Crippen LogP contribution >= 0.6 is 11.3 Å². The molecule has 0 spiro atoms. The number of hydrogen-bond acceptors (Lipinski definition) is 7. The molecule has 130 valence electrons. The number of rotatable bonds is 4. The molecule has 0 saturated carbocycles. The molecule has 0 bridgehead atoms. The van der Waals surface area contributed by atoms with Gasteiger partial charge in [0.25, 0.3) is 0 Å². The van der Waals surface area contributed by atoms with Crippen LogP contribution in [0.4, 0.5) is 18.3 Å². The third kappa shape index (κ3) is 4.52. The Morgan fingerprint density at radius 2 is 1.91 bits per heavy atom. The Kier molecular flexibility index (Phi) is 5.34. The second kappa shape index (κ2) is 7.29. The minimum Gasteiger partial charge on any atom is -0.376 e. The Morgan fingerprint density at radius 3 is 2.52 bits per heavy atom. The Bertz CT molecular complexity index is 500. The van der Waals surface area contributed by atoms with E-state index in [4.69, 9.17) is 9.47 Å². The van der Waals surface area contributed by atoms with E-state index in [9.17, 15) is 13.2 Å². The maximum Gasteiger partial charge on any atom is 0.445 e. The van der Waals surface area contributed by atoms with Crippen LogP contribution in [0.5, 0.6) is 0 Å². The van der Waals surface area contributed by atoms with E-state index in [0.717, 1.165) is 26.1 Å². The first-order valence-corrected chi connectivity index (χ1v) is 8.41. The van der Waals surface area contributed by atoms with E-state index in [1.54, 1.807) is 0 Å². The first kappa shape index (κ1) is 16.9. The van der Waals surface area contributed by atoms with Crippen molar-refractivity contribution >= 4 is 16.5 Å². The number of aromatic nitrogens is 2. The SMILES string of the molecule is FC(F)(F)c1nnc(N2CCN(CCC3COCCO3)CC2)s1.